The molecular formula is C23H10ClF8N5O2. The lowest BCUT2D eigenvalue weighted by Crippen LogP contribution is -2.08. The first-order chi connectivity index (χ1) is 18.3. The minimum absolute atomic E-state index is 0.0724. The van der Waals surface area contributed by atoms with Crippen molar-refractivity contribution < 1.29 is 44.1 Å². The molecule has 0 N–H and O–H groups in total. The molecule has 1 aromatic carbocycles. The summed E-state index contributed by atoms with van der Waals surface area (Å²) < 4.78 is 121. The highest BCUT2D eigenvalue weighted by atomic mass is 35.5. The van der Waals surface area contributed by atoms with E-state index >= 15 is 0 Å². The van der Waals surface area contributed by atoms with E-state index in [0.29, 0.717) is 4.68 Å². The molecule has 0 aliphatic heterocycles. The molecule has 0 atom stereocenters. The summed E-state index contributed by atoms with van der Waals surface area (Å²) in [7, 11) is 0. The number of nitrogens with zero attached hydrogens (tertiary/aromatic N) is 5. The number of rotatable bonds is 4. The fourth-order valence-electron chi connectivity index (χ4n) is 3.65. The van der Waals surface area contributed by atoms with Gasteiger partial charge in [0.05, 0.1) is 21.9 Å². The topological polar surface area (TPSA) is 82.8 Å². The molecule has 3 heterocycles. The largest absolute Gasteiger partial charge is 0.470 e. The minimum atomic E-state index is -5.14. The van der Waals surface area contributed by atoms with E-state index in [-0.39, 0.29) is 17.1 Å². The molecule has 4 aromatic rings. The van der Waals surface area contributed by atoms with E-state index < -0.39 is 69.6 Å². The maximum Gasteiger partial charge on any atom is 0.470 e. The average Bonchev–Trinajstić information content (AvgIpc) is 3.57. The molecule has 39 heavy (non-hydrogen) atoms. The van der Waals surface area contributed by atoms with Gasteiger partial charge in [-0.2, -0.15) is 31.4 Å². The Balaban J connectivity index is 1.81. The van der Waals surface area contributed by atoms with Gasteiger partial charge in [0.1, 0.15) is 22.9 Å². The number of hydrogen-bond donors (Lipinski definition) is 0. The van der Waals surface area contributed by atoms with Crippen molar-refractivity contribution in [2.45, 2.75) is 18.8 Å². The van der Waals surface area contributed by atoms with E-state index in [1.807, 2.05) is 0 Å². The van der Waals surface area contributed by atoms with Gasteiger partial charge >= 0.3 is 18.2 Å². The van der Waals surface area contributed by atoms with Crippen molar-refractivity contribution in [1.82, 2.24) is 25.1 Å². The van der Waals surface area contributed by atoms with Crippen molar-refractivity contribution in [3.8, 4) is 28.5 Å². The number of alkyl halides is 6. The normalized spacial score (nSPS) is 14.6. The smallest absolute Gasteiger partial charge is 0.412 e. The van der Waals surface area contributed by atoms with Crippen LogP contribution in [-0.2, 0) is 12.4 Å². The van der Waals surface area contributed by atoms with Crippen LogP contribution < -0.4 is 0 Å². The molecule has 0 saturated heterocycles. The third-order valence-corrected chi connectivity index (χ3v) is 5.60. The van der Waals surface area contributed by atoms with Gasteiger partial charge in [0.15, 0.2) is 11.5 Å². The summed E-state index contributed by atoms with van der Waals surface area (Å²) in [6.45, 7) is 0. The molecule has 1 aliphatic carbocycles. The van der Waals surface area contributed by atoms with E-state index in [9.17, 15) is 35.1 Å². The van der Waals surface area contributed by atoms with Crippen molar-refractivity contribution in [1.29, 1.82) is 0 Å². The zero-order valence-electron chi connectivity index (χ0n) is 18.8. The Kier molecular flexibility index (Phi) is 6.40. The van der Waals surface area contributed by atoms with Crippen LogP contribution in [0.3, 0.4) is 0 Å². The average molecular weight is 576 g/mol. The van der Waals surface area contributed by atoms with Crippen molar-refractivity contribution in [2.75, 3.05) is 0 Å². The quantitative estimate of drug-likeness (QED) is 0.234. The zero-order chi connectivity index (χ0) is 28.1. The van der Waals surface area contributed by atoms with Gasteiger partial charge in [0, 0.05) is 6.20 Å². The van der Waals surface area contributed by atoms with E-state index in [2.05, 4.69) is 24.9 Å². The second kappa shape index (κ2) is 9.48. The Labute approximate surface area is 216 Å². The van der Waals surface area contributed by atoms with Crippen LogP contribution in [-0.4, -0.2) is 25.1 Å². The first kappa shape index (κ1) is 26.3. The molecular weight excluding hydrogens is 566 g/mol. The van der Waals surface area contributed by atoms with E-state index in [0.717, 1.165) is 24.4 Å². The number of allylic oxidation sites excluding steroid dienone is 6. The van der Waals surface area contributed by atoms with E-state index in [4.69, 9.17) is 16.1 Å². The molecule has 0 radical (unpaired) electrons. The molecule has 0 fully saturated rings. The standard InChI is InChI=1S/C23H10ClF8N5O2/c24-13-6-1-2-7-14(26)15(13)17-16(20-33-34-21(38-20)23(30,31)32)18(39-36-17)12-9-37(35-19(12)22(27,28)29)11-5-3-4-10(25)8-11/h1,3-9H,2H2. The molecule has 16 heteroatoms. The highest BCUT2D eigenvalue weighted by Crippen LogP contribution is 2.46. The second-order valence-electron chi connectivity index (χ2n) is 7.87. The number of aromatic nitrogens is 5. The fraction of sp³-hybridized carbons (Fsp3) is 0.130. The first-order valence-corrected chi connectivity index (χ1v) is 11.0. The summed E-state index contributed by atoms with van der Waals surface area (Å²) in [6.07, 6.45) is -5.64. The molecule has 0 saturated carbocycles. The highest BCUT2D eigenvalue weighted by molar-refractivity contribution is 6.35. The maximum atomic E-state index is 15.0. The lowest BCUT2D eigenvalue weighted by atomic mass is 10.0. The number of benzene rings is 1. The molecule has 0 unspecified atom stereocenters. The Morgan fingerprint density at radius 2 is 1.77 bits per heavy atom. The first-order valence-electron chi connectivity index (χ1n) is 10.6. The molecule has 5 rings (SSSR count). The summed E-state index contributed by atoms with van der Waals surface area (Å²) in [6, 6.07) is 4.41. The maximum absolute atomic E-state index is 15.0. The zero-order valence-corrected chi connectivity index (χ0v) is 19.5. The highest BCUT2D eigenvalue weighted by Gasteiger charge is 2.43. The summed E-state index contributed by atoms with van der Waals surface area (Å²) in [5.74, 6) is -5.43. The van der Waals surface area contributed by atoms with Gasteiger partial charge in [-0.1, -0.05) is 28.9 Å². The predicted octanol–water partition coefficient (Wildman–Crippen LogP) is 7.52. The third kappa shape index (κ3) is 4.96. The molecule has 7 nitrogen and oxygen atoms in total. The second-order valence-corrected chi connectivity index (χ2v) is 8.28. The van der Waals surface area contributed by atoms with Crippen LogP contribution >= 0.6 is 11.6 Å². The summed E-state index contributed by atoms with van der Waals surface area (Å²) in [5, 5.41) is 13.0. The molecule has 3 aromatic heterocycles. The van der Waals surface area contributed by atoms with Crippen molar-refractivity contribution in [3.63, 3.8) is 0 Å². The molecule has 0 spiro atoms. The third-order valence-electron chi connectivity index (χ3n) is 5.29. The fourth-order valence-corrected chi connectivity index (χ4v) is 3.92. The molecule has 0 amide bonds. The summed E-state index contributed by atoms with van der Waals surface area (Å²) in [5.41, 5.74) is -4.39. The van der Waals surface area contributed by atoms with Gasteiger partial charge in [-0.05, 0) is 36.8 Å². The van der Waals surface area contributed by atoms with Crippen LogP contribution in [0, 0.1) is 5.82 Å². The van der Waals surface area contributed by atoms with Crippen LogP contribution in [0.15, 0.2) is 68.5 Å². The van der Waals surface area contributed by atoms with Gasteiger partial charge in [0.25, 0.3) is 5.89 Å². The van der Waals surface area contributed by atoms with E-state index in [1.165, 1.54) is 24.3 Å². The van der Waals surface area contributed by atoms with Crippen LogP contribution in [0.2, 0.25) is 0 Å². The van der Waals surface area contributed by atoms with E-state index in [1.54, 1.807) is 0 Å². The lowest BCUT2D eigenvalue weighted by Gasteiger charge is -2.06. The Bertz CT molecular complexity index is 1660. The Hall–Kier alpha value is -4.27. The van der Waals surface area contributed by atoms with Crippen LogP contribution in [0.1, 0.15) is 23.7 Å². The number of halogens is 9. The van der Waals surface area contributed by atoms with Gasteiger partial charge in [-0.25, -0.2) is 13.5 Å². The lowest BCUT2D eigenvalue weighted by molar-refractivity contribution is -0.157. The SMILES string of the molecule is FC1=CCC=CC(Cl)=C1c1noc(-c2cn(-c3cccc(F)c3)nc2C(F)(F)F)c1-c1nnc(C(F)(F)F)o1. The predicted molar refractivity (Wildman–Crippen MR) is 118 cm³/mol. The van der Waals surface area contributed by atoms with Crippen molar-refractivity contribution >= 4 is 17.2 Å². The van der Waals surface area contributed by atoms with Crippen LogP contribution in [0.25, 0.3) is 34.0 Å². The van der Waals surface area contributed by atoms with Gasteiger partial charge in [-0.3, -0.25) is 0 Å². The van der Waals surface area contributed by atoms with Gasteiger partial charge in [-0.15, -0.1) is 10.2 Å². The molecule has 1 aliphatic rings. The number of hydrogen-bond acceptors (Lipinski definition) is 6. The van der Waals surface area contributed by atoms with Crippen molar-refractivity contribution in [2.24, 2.45) is 0 Å². The summed E-state index contributed by atoms with van der Waals surface area (Å²) >= 11 is 6.16. The molecule has 202 valence electrons. The monoisotopic (exact) mass is 575 g/mol. The van der Waals surface area contributed by atoms with Crippen LogP contribution in [0.5, 0.6) is 0 Å². The summed E-state index contributed by atoms with van der Waals surface area (Å²) in [4.78, 5) is 0. The Morgan fingerprint density at radius 1 is 1.00 bits per heavy atom. The molecule has 0 bridgehead atoms. The Morgan fingerprint density at radius 3 is 2.44 bits per heavy atom. The minimum Gasteiger partial charge on any atom is -0.412 e. The van der Waals surface area contributed by atoms with Gasteiger partial charge < -0.3 is 8.94 Å². The van der Waals surface area contributed by atoms with Gasteiger partial charge in [0.2, 0.25) is 0 Å². The van der Waals surface area contributed by atoms with Crippen molar-refractivity contribution in [3.05, 3.63) is 82.6 Å². The van der Waals surface area contributed by atoms with Crippen LogP contribution in [0.4, 0.5) is 35.1 Å².